The number of urea groups is 1. The van der Waals surface area contributed by atoms with E-state index in [0.29, 0.717) is 18.4 Å². The molecule has 0 aromatic heterocycles. The van der Waals surface area contributed by atoms with Crippen LogP contribution in [0.3, 0.4) is 0 Å². The van der Waals surface area contributed by atoms with E-state index < -0.39 is 52.0 Å². The smallest absolute Gasteiger partial charge is 0.322 e. The van der Waals surface area contributed by atoms with Crippen molar-refractivity contribution in [3.63, 3.8) is 0 Å². The fourth-order valence-corrected chi connectivity index (χ4v) is 4.01. The summed E-state index contributed by atoms with van der Waals surface area (Å²) >= 11 is 0. The van der Waals surface area contributed by atoms with Gasteiger partial charge in [-0.15, -0.1) is 0 Å². The maximum absolute atomic E-state index is 13.9. The second-order valence-electron chi connectivity index (χ2n) is 7.21. The molecule has 2 aromatic rings. The van der Waals surface area contributed by atoms with E-state index in [4.69, 9.17) is 0 Å². The molecule has 2 N–H and O–H groups in total. The van der Waals surface area contributed by atoms with Gasteiger partial charge in [0.15, 0.2) is 0 Å². The van der Waals surface area contributed by atoms with E-state index in [9.17, 15) is 28.9 Å². The Hall–Kier alpha value is -3.82. The molecule has 1 aliphatic carbocycles. The standard InChI is InChI=1S/C20H17FN4O5/c21-15-8-7-13(25(29)30)10-16(15)22-17(26)11-24-18(27)20(23-19(24)28)9-3-5-12-4-1-2-6-14(12)20/h1-2,4,6-8,10H,3,5,9,11H2,(H,22,26)(H,23,28). The van der Waals surface area contributed by atoms with Gasteiger partial charge in [0.2, 0.25) is 5.91 Å². The minimum absolute atomic E-state index is 0.403. The van der Waals surface area contributed by atoms with Crippen LogP contribution in [0.25, 0.3) is 0 Å². The summed E-state index contributed by atoms with van der Waals surface area (Å²) in [6.07, 6.45) is 1.89. The van der Waals surface area contributed by atoms with E-state index in [0.717, 1.165) is 35.1 Å². The van der Waals surface area contributed by atoms with Crippen LogP contribution in [0.5, 0.6) is 0 Å². The zero-order valence-corrected chi connectivity index (χ0v) is 15.7. The molecule has 1 heterocycles. The van der Waals surface area contributed by atoms with Gasteiger partial charge in [0.25, 0.3) is 11.6 Å². The number of fused-ring (bicyclic) bond motifs is 2. The van der Waals surface area contributed by atoms with Gasteiger partial charge in [-0.05, 0) is 36.5 Å². The number of nitro benzene ring substituents is 1. The van der Waals surface area contributed by atoms with Gasteiger partial charge in [-0.1, -0.05) is 24.3 Å². The molecule has 0 saturated carbocycles. The highest BCUT2D eigenvalue weighted by molar-refractivity contribution is 6.10. The number of carbonyl (C=O) groups is 3. The van der Waals surface area contributed by atoms with E-state index in [2.05, 4.69) is 10.6 Å². The average molecular weight is 412 g/mol. The Morgan fingerprint density at radius 2 is 2.03 bits per heavy atom. The Kier molecular flexibility index (Phi) is 4.69. The number of aryl methyl sites for hydroxylation is 1. The van der Waals surface area contributed by atoms with Crippen molar-refractivity contribution in [1.29, 1.82) is 0 Å². The van der Waals surface area contributed by atoms with E-state index in [1.165, 1.54) is 0 Å². The largest absolute Gasteiger partial charge is 0.325 e. The Labute approximate surface area is 170 Å². The van der Waals surface area contributed by atoms with Crippen LogP contribution >= 0.6 is 0 Å². The molecule has 0 bridgehead atoms. The number of nitrogens with zero attached hydrogens (tertiary/aromatic N) is 2. The minimum Gasteiger partial charge on any atom is -0.322 e. The van der Waals surface area contributed by atoms with Crippen LogP contribution in [-0.2, 0) is 21.5 Å². The quantitative estimate of drug-likeness (QED) is 0.454. The first-order valence-corrected chi connectivity index (χ1v) is 9.28. The summed E-state index contributed by atoms with van der Waals surface area (Å²) in [5.74, 6) is -2.27. The third kappa shape index (κ3) is 3.15. The van der Waals surface area contributed by atoms with Crippen LogP contribution in [0.1, 0.15) is 24.0 Å². The first kappa shape index (κ1) is 19.5. The first-order valence-electron chi connectivity index (χ1n) is 9.28. The predicted octanol–water partition coefficient (Wildman–Crippen LogP) is 2.46. The maximum atomic E-state index is 13.9. The lowest BCUT2D eigenvalue weighted by atomic mass is 9.76. The average Bonchev–Trinajstić information content (AvgIpc) is 2.94. The Bertz CT molecular complexity index is 1090. The van der Waals surface area contributed by atoms with Gasteiger partial charge >= 0.3 is 6.03 Å². The Morgan fingerprint density at radius 3 is 2.80 bits per heavy atom. The maximum Gasteiger partial charge on any atom is 0.325 e. The highest BCUT2D eigenvalue weighted by Crippen LogP contribution is 2.39. The number of carbonyl (C=O) groups excluding carboxylic acids is 3. The summed E-state index contributed by atoms with van der Waals surface area (Å²) in [5, 5.41) is 15.8. The van der Waals surface area contributed by atoms with E-state index in [-0.39, 0.29) is 0 Å². The molecule has 30 heavy (non-hydrogen) atoms. The topological polar surface area (TPSA) is 122 Å². The summed E-state index contributed by atoms with van der Waals surface area (Å²) in [6, 6.07) is 9.31. The van der Waals surface area contributed by atoms with Crippen LogP contribution in [-0.4, -0.2) is 34.2 Å². The molecule has 4 rings (SSSR count). The molecular formula is C20H17FN4O5. The molecular weight excluding hydrogens is 395 g/mol. The van der Waals surface area contributed by atoms with Crippen LogP contribution in [0, 0.1) is 15.9 Å². The lowest BCUT2D eigenvalue weighted by Gasteiger charge is -2.33. The fraction of sp³-hybridized carbons (Fsp3) is 0.250. The summed E-state index contributed by atoms with van der Waals surface area (Å²) in [6.45, 7) is -0.642. The zero-order chi connectivity index (χ0) is 21.5. The number of nitro groups is 1. The second-order valence-corrected chi connectivity index (χ2v) is 7.21. The number of nitrogens with one attached hydrogen (secondary N) is 2. The highest BCUT2D eigenvalue weighted by atomic mass is 19.1. The van der Waals surface area contributed by atoms with Crippen LogP contribution in [0.2, 0.25) is 0 Å². The van der Waals surface area contributed by atoms with Gasteiger partial charge in [-0.3, -0.25) is 24.6 Å². The third-order valence-corrected chi connectivity index (χ3v) is 5.39. The molecule has 2 aliphatic rings. The number of hydrogen-bond donors (Lipinski definition) is 2. The highest BCUT2D eigenvalue weighted by Gasteiger charge is 2.54. The number of non-ortho nitro benzene ring substituents is 1. The first-order chi connectivity index (χ1) is 14.3. The molecule has 1 aliphatic heterocycles. The van der Waals surface area contributed by atoms with E-state index >= 15 is 0 Å². The van der Waals surface area contributed by atoms with Gasteiger partial charge in [-0.2, -0.15) is 0 Å². The van der Waals surface area contributed by atoms with Crippen molar-refractivity contribution in [2.45, 2.75) is 24.8 Å². The van der Waals surface area contributed by atoms with Crippen molar-refractivity contribution < 1.29 is 23.7 Å². The molecule has 4 amide bonds. The third-order valence-electron chi connectivity index (χ3n) is 5.39. The fourth-order valence-electron chi connectivity index (χ4n) is 4.01. The summed E-state index contributed by atoms with van der Waals surface area (Å²) in [7, 11) is 0. The van der Waals surface area contributed by atoms with Crippen molar-refractivity contribution in [3.8, 4) is 0 Å². The van der Waals surface area contributed by atoms with Crippen molar-refractivity contribution in [2.75, 3.05) is 11.9 Å². The molecule has 154 valence electrons. The van der Waals surface area contributed by atoms with Crippen molar-refractivity contribution in [3.05, 3.63) is 69.5 Å². The summed E-state index contributed by atoms with van der Waals surface area (Å²) in [5.41, 5.74) is -0.355. The molecule has 1 saturated heterocycles. The molecule has 2 aromatic carbocycles. The van der Waals surface area contributed by atoms with E-state index in [1.807, 2.05) is 12.1 Å². The number of imide groups is 1. The van der Waals surface area contributed by atoms with Gasteiger partial charge in [-0.25, -0.2) is 9.18 Å². The normalized spacial score (nSPS) is 20.1. The molecule has 1 atom stereocenters. The number of amides is 4. The van der Waals surface area contributed by atoms with Gasteiger partial charge in [0.1, 0.15) is 17.9 Å². The number of hydrogen-bond acceptors (Lipinski definition) is 5. The van der Waals surface area contributed by atoms with Gasteiger partial charge in [0, 0.05) is 12.1 Å². The molecule has 10 heteroatoms. The monoisotopic (exact) mass is 412 g/mol. The zero-order valence-electron chi connectivity index (χ0n) is 15.7. The van der Waals surface area contributed by atoms with Crippen molar-refractivity contribution in [1.82, 2.24) is 10.2 Å². The van der Waals surface area contributed by atoms with E-state index in [1.54, 1.807) is 12.1 Å². The lowest BCUT2D eigenvalue weighted by Crippen LogP contribution is -2.47. The van der Waals surface area contributed by atoms with Crippen molar-refractivity contribution in [2.24, 2.45) is 0 Å². The molecule has 1 fully saturated rings. The Morgan fingerprint density at radius 1 is 1.27 bits per heavy atom. The summed E-state index contributed by atoms with van der Waals surface area (Å²) < 4.78 is 13.9. The molecule has 9 nitrogen and oxygen atoms in total. The van der Waals surface area contributed by atoms with Gasteiger partial charge in [0.05, 0.1) is 10.6 Å². The Balaban J connectivity index is 1.55. The van der Waals surface area contributed by atoms with Crippen LogP contribution < -0.4 is 10.6 Å². The van der Waals surface area contributed by atoms with Crippen LogP contribution in [0.4, 0.5) is 20.6 Å². The second kappa shape index (κ2) is 7.21. The molecule has 1 unspecified atom stereocenters. The molecule has 1 spiro atoms. The lowest BCUT2D eigenvalue weighted by molar-refractivity contribution is -0.384. The molecule has 0 radical (unpaired) electrons. The number of rotatable bonds is 4. The number of anilines is 1. The number of halogens is 1. The van der Waals surface area contributed by atoms with Gasteiger partial charge < -0.3 is 10.6 Å². The summed E-state index contributed by atoms with van der Waals surface area (Å²) in [4.78, 5) is 49.0. The van der Waals surface area contributed by atoms with Crippen LogP contribution in [0.15, 0.2) is 42.5 Å². The SMILES string of the molecule is O=C(CN1C(=O)NC2(CCCc3ccccc32)C1=O)Nc1cc([N+](=O)[O-])ccc1F. The van der Waals surface area contributed by atoms with Crippen molar-refractivity contribution >= 4 is 29.2 Å². The minimum atomic E-state index is -1.22. The predicted molar refractivity (Wildman–Crippen MR) is 103 cm³/mol. The number of benzene rings is 2.